The smallest absolute Gasteiger partial charge is 0.276 e. The lowest BCUT2D eigenvalue weighted by Crippen LogP contribution is -2.43. The molecule has 208 valence electrons. The zero-order chi connectivity index (χ0) is 27.5. The van der Waals surface area contributed by atoms with Crippen LogP contribution < -0.4 is 31.9 Å². The molecule has 40 heavy (non-hydrogen) atoms. The van der Waals surface area contributed by atoms with Crippen LogP contribution in [0.2, 0.25) is 0 Å². The molecule has 5 heterocycles. The number of nitrogens with one attached hydrogen (secondary N) is 4. The van der Waals surface area contributed by atoms with Gasteiger partial charge in [0.2, 0.25) is 0 Å². The summed E-state index contributed by atoms with van der Waals surface area (Å²) in [6.07, 6.45) is 7.61. The Hall–Kier alpha value is -4.36. The highest BCUT2D eigenvalue weighted by Gasteiger charge is 2.22. The Morgan fingerprint density at radius 2 is 1.88 bits per heavy atom. The van der Waals surface area contributed by atoms with E-state index in [1.165, 1.54) is 23.0 Å². The third-order valence-corrected chi connectivity index (χ3v) is 7.28. The lowest BCUT2D eigenvalue weighted by Gasteiger charge is -2.28. The maximum atomic E-state index is 14.2. The van der Waals surface area contributed by atoms with Gasteiger partial charge in [0.15, 0.2) is 17.2 Å². The van der Waals surface area contributed by atoms with E-state index < -0.39 is 11.7 Å². The Labute approximate surface area is 230 Å². The van der Waals surface area contributed by atoms with Crippen molar-refractivity contribution in [2.75, 3.05) is 47.0 Å². The van der Waals surface area contributed by atoms with Crippen molar-refractivity contribution in [1.82, 2.24) is 29.9 Å². The van der Waals surface area contributed by atoms with Crippen molar-refractivity contribution in [3.8, 4) is 0 Å². The summed E-state index contributed by atoms with van der Waals surface area (Å²) >= 11 is 0. The number of rotatable bonds is 7. The quantitative estimate of drug-likeness (QED) is 0.235. The predicted octanol–water partition coefficient (Wildman–Crippen LogP) is 2.75. The summed E-state index contributed by atoms with van der Waals surface area (Å²) in [7, 11) is 0. The van der Waals surface area contributed by atoms with Crippen LogP contribution in [0.3, 0.4) is 0 Å². The first kappa shape index (κ1) is 25.9. The number of nitrogens with zero attached hydrogens (tertiary/aromatic N) is 6. The topological polar surface area (TPSA) is 150 Å². The highest BCUT2D eigenvalue weighted by atomic mass is 19.1. The molecule has 0 unspecified atom stereocenters. The molecule has 2 fully saturated rings. The molecule has 2 aliphatic rings. The molecule has 0 spiro atoms. The Bertz CT molecular complexity index is 1500. The molecule has 1 aliphatic carbocycles. The van der Waals surface area contributed by atoms with E-state index in [4.69, 9.17) is 15.8 Å². The first-order valence-corrected chi connectivity index (χ1v) is 13.5. The standard InChI is InChI=1S/C27H32FN11O/c28-19-15-31-9-8-20(19)35-27(40)22-16-32-26-21(14-24(37-39(22)26)33-18-6-4-17(29)5-7-18)34-23-2-1-3-25(36-23)38-12-10-30-11-13-38/h1-3,8-9,14-18,30H,4-7,10-13,29H2,(H,33,37)(H,34,36)(H,31,35,40)/t17-,18-. The highest BCUT2D eigenvalue weighted by molar-refractivity contribution is 6.03. The Kier molecular flexibility index (Phi) is 7.38. The molecule has 13 heteroatoms. The maximum absolute atomic E-state index is 14.2. The van der Waals surface area contributed by atoms with E-state index in [9.17, 15) is 9.18 Å². The van der Waals surface area contributed by atoms with Crippen LogP contribution >= 0.6 is 0 Å². The lowest BCUT2D eigenvalue weighted by atomic mass is 9.92. The highest BCUT2D eigenvalue weighted by Crippen LogP contribution is 2.27. The van der Waals surface area contributed by atoms with Crippen LogP contribution in [-0.4, -0.2) is 68.7 Å². The third-order valence-electron chi connectivity index (χ3n) is 7.28. The minimum Gasteiger partial charge on any atom is -0.366 e. The minimum absolute atomic E-state index is 0.0232. The van der Waals surface area contributed by atoms with E-state index >= 15 is 0 Å². The number of carbonyl (C=O) groups is 1. The number of piperazine rings is 1. The van der Waals surface area contributed by atoms with Gasteiger partial charge in [0.1, 0.15) is 17.5 Å². The molecule has 4 aromatic rings. The Balaban J connectivity index is 1.33. The monoisotopic (exact) mass is 545 g/mol. The number of hydrogen-bond donors (Lipinski definition) is 5. The Morgan fingerprint density at radius 1 is 1.05 bits per heavy atom. The fourth-order valence-electron chi connectivity index (χ4n) is 5.12. The molecular weight excluding hydrogens is 513 g/mol. The second-order valence-corrected chi connectivity index (χ2v) is 10.1. The SMILES string of the molecule is N[C@H]1CC[C@H](Nc2cc(Nc3cccc(N4CCNCC4)n3)c3ncc(C(=O)Nc4ccncc4F)n3n2)CC1. The second kappa shape index (κ2) is 11.4. The van der Waals surface area contributed by atoms with E-state index in [1.54, 1.807) is 0 Å². The number of amides is 1. The fourth-order valence-corrected chi connectivity index (χ4v) is 5.12. The van der Waals surface area contributed by atoms with Crippen LogP contribution in [0.1, 0.15) is 36.2 Å². The number of pyridine rings is 2. The van der Waals surface area contributed by atoms with Crippen molar-refractivity contribution >= 4 is 40.4 Å². The van der Waals surface area contributed by atoms with Crippen LogP contribution in [0.15, 0.2) is 48.9 Å². The van der Waals surface area contributed by atoms with Gasteiger partial charge in [-0.1, -0.05) is 6.07 Å². The van der Waals surface area contributed by atoms with Crippen molar-refractivity contribution in [2.45, 2.75) is 37.8 Å². The van der Waals surface area contributed by atoms with Gasteiger partial charge in [-0.05, 0) is 43.9 Å². The fraction of sp³-hybridized carbons (Fsp3) is 0.370. The van der Waals surface area contributed by atoms with Crippen LogP contribution in [-0.2, 0) is 0 Å². The van der Waals surface area contributed by atoms with Gasteiger partial charge in [0.25, 0.3) is 5.91 Å². The molecule has 1 saturated heterocycles. The van der Waals surface area contributed by atoms with E-state index in [0.29, 0.717) is 23.0 Å². The molecule has 6 rings (SSSR count). The van der Waals surface area contributed by atoms with Gasteiger partial charge in [-0.2, -0.15) is 0 Å². The average molecular weight is 546 g/mol. The van der Waals surface area contributed by atoms with E-state index in [0.717, 1.165) is 63.9 Å². The first-order valence-electron chi connectivity index (χ1n) is 13.5. The minimum atomic E-state index is -0.631. The summed E-state index contributed by atoms with van der Waals surface area (Å²) < 4.78 is 15.6. The van der Waals surface area contributed by atoms with Crippen molar-refractivity contribution in [3.63, 3.8) is 0 Å². The zero-order valence-corrected chi connectivity index (χ0v) is 22.0. The summed E-state index contributed by atoms with van der Waals surface area (Å²) in [5.41, 5.74) is 7.35. The molecule has 0 radical (unpaired) electrons. The summed E-state index contributed by atoms with van der Waals surface area (Å²) in [6, 6.07) is 9.55. The zero-order valence-electron chi connectivity index (χ0n) is 22.0. The van der Waals surface area contributed by atoms with Crippen LogP contribution in [0.25, 0.3) is 5.65 Å². The molecule has 0 atom stereocenters. The van der Waals surface area contributed by atoms with Gasteiger partial charge in [-0.25, -0.2) is 18.9 Å². The first-order chi connectivity index (χ1) is 19.5. The van der Waals surface area contributed by atoms with Gasteiger partial charge < -0.3 is 31.9 Å². The summed E-state index contributed by atoms with van der Waals surface area (Å²) in [4.78, 5) is 28.5. The number of nitrogens with two attached hydrogens (primary N) is 1. The second-order valence-electron chi connectivity index (χ2n) is 10.1. The predicted molar refractivity (Wildman–Crippen MR) is 152 cm³/mol. The summed E-state index contributed by atoms with van der Waals surface area (Å²) in [5, 5.41) is 17.5. The van der Waals surface area contributed by atoms with Crippen LogP contribution in [0.5, 0.6) is 0 Å². The van der Waals surface area contributed by atoms with Gasteiger partial charge in [-0.3, -0.25) is 9.78 Å². The number of anilines is 5. The number of carbonyl (C=O) groups excluding carboxylic acids is 1. The van der Waals surface area contributed by atoms with Crippen molar-refractivity contribution in [3.05, 3.63) is 60.4 Å². The molecule has 1 aliphatic heterocycles. The van der Waals surface area contributed by atoms with Crippen molar-refractivity contribution in [2.24, 2.45) is 5.73 Å². The van der Waals surface area contributed by atoms with E-state index in [2.05, 4.69) is 36.1 Å². The van der Waals surface area contributed by atoms with Crippen molar-refractivity contribution in [1.29, 1.82) is 0 Å². The molecule has 0 bridgehead atoms. The number of fused-ring (bicyclic) bond motifs is 1. The number of halogens is 1. The number of hydrogen-bond acceptors (Lipinski definition) is 10. The maximum Gasteiger partial charge on any atom is 0.276 e. The molecule has 0 aromatic carbocycles. The summed E-state index contributed by atoms with van der Waals surface area (Å²) in [5.74, 6) is 0.933. The van der Waals surface area contributed by atoms with E-state index in [1.807, 2.05) is 24.3 Å². The third kappa shape index (κ3) is 5.65. The van der Waals surface area contributed by atoms with Gasteiger partial charge in [-0.15, -0.1) is 5.10 Å². The van der Waals surface area contributed by atoms with Crippen LogP contribution in [0, 0.1) is 5.82 Å². The lowest BCUT2D eigenvalue weighted by molar-refractivity contribution is 0.102. The summed E-state index contributed by atoms with van der Waals surface area (Å²) in [6.45, 7) is 3.58. The van der Waals surface area contributed by atoms with Gasteiger partial charge >= 0.3 is 0 Å². The van der Waals surface area contributed by atoms with Gasteiger partial charge in [0.05, 0.1) is 23.8 Å². The number of imidazole rings is 1. The largest absolute Gasteiger partial charge is 0.366 e. The molecule has 4 aromatic heterocycles. The average Bonchev–Trinajstić information content (AvgIpc) is 3.41. The molecule has 6 N–H and O–H groups in total. The van der Waals surface area contributed by atoms with E-state index in [-0.39, 0.29) is 23.5 Å². The molecule has 12 nitrogen and oxygen atoms in total. The number of aromatic nitrogens is 5. The Morgan fingerprint density at radius 3 is 2.67 bits per heavy atom. The molecule has 1 amide bonds. The molecule has 1 saturated carbocycles. The van der Waals surface area contributed by atoms with Crippen molar-refractivity contribution < 1.29 is 9.18 Å². The normalized spacial score (nSPS) is 19.4. The van der Waals surface area contributed by atoms with Crippen LogP contribution in [0.4, 0.5) is 33.2 Å². The van der Waals surface area contributed by atoms with Gasteiger partial charge in [0, 0.05) is 50.5 Å². The molecular formula is C27H32FN11O.